The number of halogens is 1. The average Bonchev–Trinajstić information content (AvgIpc) is 2.32. The highest BCUT2D eigenvalue weighted by molar-refractivity contribution is 5.90. The summed E-state index contributed by atoms with van der Waals surface area (Å²) in [5.41, 5.74) is -0.101. The molecule has 0 saturated heterocycles. The van der Waals surface area contributed by atoms with Gasteiger partial charge in [-0.05, 0) is 43.9 Å². The predicted molar refractivity (Wildman–Crippen MR) is 60.9 cm³/mol. The summed E-state index contributed by atoms with van der Waals surface area (Å²) in [6.07, 6.45) is 5.36. The minimum Gasteiger partial charge on any atom is -0.490 e. The van der Waals surface area contributed by atoms with Gasteiger partial charge in [0.15, 0.2) is 0 Å². The molecule has 0 heterocycles. The van der Waals surface area contributed by atoms with Crippen molar-refractivity contribution >= 4 is 5.97 Å². The number of benzene rings is 1. The molecule has 1 aromatic rings. The Morgan fingerprint density at radius 1 is 1.29 bits per heavy atom. The highest BCUT2D eigenvalue weighted by Crippen LogP contribution is 2.26. The van der Waals surface area contributed by atoms with E-state index in [4.69, 9.17) is 9.84 Å². The fourth-order valence-corrected chi connectivity index (χ4v) is 2.13. The van der Waals surface area contributed by atoms with Crippen molar-refractivity contribution in [2.45, 2.75) is 38.2 Å². The summed E-state index contributed by atoms with van der Waals surface area (Å²) in [5.74, 6) is -1.44. The molecule has 1 aromatic carbocycles. The predicted octanol–water partition coefficient (Wildman–Crippen LogP) is 3.24. The maximum atomic E-state index is 13.0. The van der Waals surface area contributed by atoms with Crippen LogP contribution in [0.25, 0.3) is 0 Å². The molecular weight excluding hydrogens is 223 g/mol. The lowest BCUT2D eigenvalue weighted by Gasteiger charge is -2.23. The molecule has 17 heavy (non-hydrogen) atoms. The van der Waals surface area contributed by atoms with E-state index in [1.54, 1.807) is 0 Å². The summed E-state index contributed by atoms with van der Waals surface area (Å²) in [7, 11) is 0. The van der Waals surface area contributed by atoms with Crippen LogP contribution in [-0.4, -0.2) is 17.2 Å². The van der Waals surface area contributed by atoms with Gasteiger partial charge in [-0.2, -0.15) is 0 Å². The summed E-state index contributed by atoms with van der Waals surface area (Å²) in [5, 5.41) is 8.97. The molecule has 92 valence electrons. The zero-order chi connectivity index (χ0) is 12.3. The van der Waals surface area contributed by atoms with E-state index in [2.05, 4.69) is 0 Å². The van der Waals surface area contributed by atoms with E-state index in [1.807, 2.05) is 0 Å². The van der Waals surface area contributed by atoms with Crippen LogP contribution in [0.2, 0.25) is 0 Å². The largest absolute Gasteiger partial charge is 0.490 e. The minimum absolute atomic E-state index is 0.0623. The molecule has 3 nitrogen and oxygen atoms in total. The maximum Gasteiger partial charge on any atom is 0.339 e. The van der Waals surface area contributed by atoms with E-state index >= 15 is 0 Å². The van der Waals surface area contributed by atoms with Crippen LogP contribution in [0.1, 0.15) is 42.5 Å². The van der Waals surface area contributed by atoms with Gasteiger partial charge in [0.25, 0.3) is 0 Å². The normalized spacial score (nSPS) is 16.8. The van der Waals surface area contributed by atoms with Crippen LogP contribution in [0.3, 0.4) is 0 Å². The number of rotatable bonds is 3. The van der Waals surface area contributed by atoms with Crippen molar-refractivity contribution in [3.8, 4) is 5.75 Å². The quantitative estimate of drug-likeness (QED) is 0.879. The van der Waals surface area contributed by atoms with Gasteiger partial charge < -0.3 is 9.84 Å². The van der Waals surface area contributed by atoms with E-state index in [0.29, 0.717) is 0 Å². The molecule has 0 bridgehead atoms. The highest BCUT2D eigenvalue weighted by Gasteiger charge is 2.19. The molecule has 0 atom stereocenters. The summed E-state index contributed by atoms with van der Waals surface area (Å²) in [6, 6.07) is 3.62. The molecular formula is C13H15FO3. The first-order valence-corrected chi connectivity index (χ1v) is 5.86. The van der Waals surface area contributed by atoms with Gasteiger partial charge in [0.05, 0.1) is 6.10 Å². The molecule has 0 unspecified atom stereocenters. The Morgan fingerprint density at radius 3 is 2.65 bits per heavy atom. The molecule has 0 aromatic heterocycles. The van der Waals surface area contributed by atoms with E-state index < -0.39 is 11.8 Å². The van der Waals surface area contributed by atoms with E-state index in [-0.39, 0.29) is 17.4 Å². The smallest absolute Gasteiger partial charge is 0.339 e. The van der Waals surface area contributed by atoms with E-state index in [1.165, 1.54) is 18.6 Å². The van der Waals surface area contributed by atoms with Crippen molar-refractivity contribution in [2.75, 3.05) is 0 Å². The molecule has 2 rings (SSSR count). The Bertz CT molecular complexity index is 411. The highest BCUT2D eigenvalue weighted by atomic mass is 19.1. The third-order valence-electron chi connectivity index (χ3n) is 3.02. The van der Waals surface area contributed by atoms with Gasteiger partial charge in [0, 0.05) is 0 Å². The van der Waals surface area contributed by atoms with Crippen LogP contribution in [0.15, 0.2) is 18.2 Å². The first-order valence-electron chi connectivity index (χ1n) is 5.86. The number of carboxylic acid groups (broad SMARTS) is 1. The van der Waals surface area contributed by atoms with E-state index in [9.17, 15) is 9.18 Å². The third-order valence-corrected chi connectivity index (χ3v) is 3.02. The fourth-order valence-electron chi connectivity index (χ4n) is 2.13. The Balaban J connectivity index is 2.16. The summed E-state index contributed by atoms with van der Waals surface area (Å²) in [6.45, 7) is 0. The van der Waals surface area contributed by atoms with Gasteiger partial charge in [-0.15, -0.1) is 0 Å². The third kappa shape index (κ3) is 2.96. The molecule has 0 radical (unpaired) electrons. The second-order valence-corrected chi connectivity index (χ2v) is 4.32. The molecule has 1 aliphatic rings. The molecule has 0 aliphatic heterocycles. The lowest BCUT2D eigenvalue weighted by Crippen LogP contribution is -2.20. The van der Waals surface area contributed by atoms with Gasteiger partial charge in [-0.3, -0.25) is 0 Å². The molecule has 0 amide bonds. The Labute approximate surface area is 99.2 Å². The van der Waals surface area contributed by atoms with Crippen molar-refractivity contribution in [2.24, 2.45) is 0 Å². The summed E-state index contributed by atoms with van der Waals surface area (Å²) >= 11 is 0. The Kier molecular flexibility index (Phi) is 3.61. The van der Waals surface area contributed by atoms with Crippen molar-refractivity contribution in [3.05, 3.63) is 29.6 Å². The first kappa shape index (κ1) is 11.9. The minimum atomic E-state index is -1.16. The molecule has 1 N–H and O–H groups in total. The van der Waals surface area contributed by atoms with Crippen LogP contribution in [-0.2, 0) is 0 Å². The van der Waals surface area contributed by atoms with Crippen LogP contribution < -0.4 is 4.74 Å². The van der Waals surface area contributed by atoms with Gasteiger partial charge in [0.2, 0.25) is 0 Å². The van der Waals surface area contributed by atoms with Crippen LogP contribution >= 0.6 is 0 Å². The van der Waals surface area contributed by atoms with Crippen molar-refractivity contribution in [1.82, 2.24) is 0 Å². The standard InChI is InChI=1S/C13H15FO3/c14-9-6-7-12(11(8-9)13(15)16)17-10-4-2-1-3-5-10/h6-8,10H,1-5H2,(H,15,16). The van der Waals surface area contributed by atoms with Crippen LogP contribution in [0.5, 0.6) is 5.75 Å². The number of aromatic carboxylic acids is 1. The zero-order valence-corrected chi connectivity index (χ0v) is 9.49. The average molecular weight is 238 g/mol. The number of hydrogen-bond acceptors (Lipinski definition) is 2. The van der Waals surface area contributed by atoms with Gasteiger partial charge >= 0.3 is 5.97 Å². The van der Waals surface area contributed by atoms with Crippen LogP contribution in [0, 0.1) is 5.82 Å². The molecule has 0 spiro atoms. The Morgan fingerprint density at radius 2 is 2.00 bits per heavy atom. The second-order valence-electron chi connectivity index (χ2n) is 4.32. The second kappa shape index (κ2) is 5.17. The molecule has 4 heteroatoms. The van der Waals surface area contributed by atoms with Gasteiger partial charge in [0.1, 0.15) is 17.1 Å². The van der Waals surface area contributed by atoms with Gasteiger partial charge in [-0.25, -0.2) is 9.18 Å². The molecule has 1 saturated carbocycles. The molecule has 1 aliphatic carbocycles. The van der Waals surface area contributed by atoms with Crippen molar-refractivity contribution in [1.29, 1.82) is 0 Å². The SMILES string of the molecule is O=C(O)c1cc(F)ccc1OC1CCCCC1. The lowest BCUT2D eigenvalue weighted by molar-refractivity contribution is 0.0685. The lowest BCUT2D eigenvalue weighted by atomic mass is 9.97. The van der Waals surface area contributed by atoms with Crippen LogP contribution in [0.4, 0.5) is 4.39 Å². The first-order chi connectivity index (χ1) is 8.16. The molecule has 1 fully saturated rings. The van der Waals surface area contributed by atoms with Gasteiger partial charge in [-0.1, -0.05) is 6.42 Å². The number of ether oxygens (including phenoxy) is 1. The topological polar surface area (TPSA) is 46.5 Å². The monoisotopic (exact) mass is 238 g/mol. The van der Waals surface area contributed by atoms with E-state index in [0.717, 1.165) is 31.7 Å². The number of hydrogen-bond donors (Lipinski definition) is 1. The summed E-state index contributed by atoms with van der Waals surface area (Å²) < 4.78 is 18.6. The summed E-state index contributed by atoms with van der Waals surface area (Å²) in [4.78, 5) is 11.0. The number of carboxylic acids is 1. The number of carbonyl (C=O) groups is 1. The fraction of sp³-hybridized carbons (Fsp3) is 0.462. The van der Waals surface area contributed by atoms with Crippen molar-refractivity contribution < 1.29 is 19.0 Å². The van der Waals surface area contributed by atoms with Crippen molar-refractivity contribution in [3.63, 3.8) is 0 Å². The Hall–Kier alpha value is -1.58. The maximum absolute atomic E-state index is 13.0. The zero-order valence-electron chi connectivity index (χ0n) is 9.49.